The Morgan fingerprint density at radius 3 is 2.37 bits per heavy atom. The molecule has 0 saturated carbocycles. The molecule has 100 valence electrons. The molecule has 0 fully saturated rings. The highest BCUT2D eigenvalue weighted by Gasteiger charge is 2.22. The fraction of sp³-hybridized carbons (Fsp3) is 0.267. The number of rotatable bonds is 4. The maximum Gasteiger partial charge on any atom is 0.161 e. The Kier molecular flexibility index (Phi) is 3.83. The summed E-state index contributed by atoms with van der Waals surface area (Å²) in [5.41, 5.74) is 0.514. The van der Waals surface area contributed by atoms with Gasteiger partial charge in [-0.15, -0.1) is 0 Å². The number of benzene rings is 2. The van der Waals surface area contributed by atoms with E-state index >= 15 is 0 Å². The summed E-state index contributed by atoms with van der Waals surface area (Å²) in [4.78, 5) is 11.1. The van der Waals surface area contributed by atoms with E-state index in [2.05, 4.69) is 0 Å². The maximum atomic E-state index is 11.1. The van der Waals surface area contributed by atoms with Gasteiger partial charge in [0.25, 0.3) is 0 Å². The molecular formula is C15H16O4. The van der Waals surface area contributed by atoms with Crippen LogP contribution in [-0.4, -0.2) is 29.2 Å². The number of aliphatic hydroxyl groups is 2. The van der Waals surface area contributed by atoms with Crippen LogP contribution in [0.4, 0.5) is 0 Å². The second-order valence-electron chi connectivity index (χ2n) is 4.47. The van der Waals surface area contributed by atoms with Crippen LogP contribution in [-0.2, 0) is 4.79 Å². The van der Waals surface area contributed by atoms with Crippen LogP contribution in [0, 0.1) is 0 Å². The van der Waals surface area contributed by atoms with E-state index in [1.54, 1.807) is 19.2 Å². The molecule has 0 radical (unpaired) electrons. The van der Waals surface area contributed by atoms with Crippen molar-refractivity contribution >= 4 is 16.6 Å². The van der Waals surface area contributed by atoms with Gasteiger partial charge in [-0.3, -0.25) is 4.79 Å². The van der Waals surface area contributed by atoms with E-state index in [0.717, 1.165) is 16.5 Å². The third-order valence-electron chi connectivity index (χ3n) is 3.13. The summed E-state index contributed by atoms with van der Waals surface area (Å²) in [6.07, 6.45) is -2.60. The van der Waals surface area contributed by atoms with Gasteiger partial charge in [0, 0.05) is 0 Å². The van der Waals surface area contributed by atoms with Gasteiger partial charge in [0.15, 0.2) is 5.78 Å². The van der Waals surface area contributed by atoms with Gasteiger partial charge < -0.3 is 14.9 Å². The number of fused-ring (bicyclic) bond motifs is 1. The number of methoxy groups -OCH3 is 1. The highest BCUT2D eigenvalue weighted by Crippen LogP contribution is 2.25. The topological polar surface area (TPSA) is 66.8 Å². The lowest BCUT2D eigenvalue weighted by Crippen LogP contribution is -2.25. The number of aliphatic hydroxyl groups excluding tert-OH is 2. The molecule has 0 bridgehead atoms. The Morgan fingerprint density at radius 1 is 1.11 bits per heavy atom. The van der Waals surface area contributed by atoms with E-state index in [0.29, 0.717) is 5.56 Å². The molecule has 0 aromatic heterocycles. The zero-order chi connectivity index (χ0) is 14.0. The van der Waals surface area contributed by atoms with Crippen molar-refractivity contribution in [3.63, 3.8) is 0 Å². The van der Waals surface area contributed by atoms with Crippen molar-refractivity contribution in [1.29, 1.82) is 0 Å². The van der Waals surface area contributed by atoms with Crippen molar-refractivity contribution in [3.05, 3.63) is 42.0 Å². The van der Waals surface area contributed by atoms with E-state index in [1.165, 1.54) is 6.92 Å². The Labute approximate surface area is 111 Å². The molecule has 2 unspecified atom stereocenters. The van der Waals surface area contributed by atoms with Gasteiger partial charge in [0.1, 0.15) is 18.0 Å². The van der Waals surface area contributed by atoms with Gasteiger partial charge in [-0.25, -0.2) is 0 Å². The van der Waals surface area contributed by atoms with Crippen molar-refractivity contribution in [2.45, 2.75) is 19.1 Å². The Bertz CT molecular complexity index is 606. The molecule has 2 aromatic rings. The summed E-state index contributed by atoms with van der Waals surface area (Å²) in [5.74, 6) is 0.298. The Balaban J connectivity index is 2.39. The highest BCUT2D eigenvalue weighted by molar-refractivity contribution is 5.85. The SMILES string of the molecule is COc1ccc2cc(C(O)C(O)C(C)=O)ccc2c1. The van der Waals surface area contributed by atoms with Crippen molar-refractivity contribution in [2.75, 3.05) is 7.11 Å². The van der Waals surface area contributed by atoms with Gasteiger partial charge in [-0.05, 0) is 41.5 Å². The molecule has 0 amide bonds. The quantitative estimate of drug-likeness (QED) is 0.880. The van der Waals surface area contributed by atoms with Crippen molar-refractivity contribution in [2.24, 2.45) is 0 Å². The maximum absolute atomic E-state index is 11.1. The van der Waals surface area contributed by atoms with E-state index in [9.17, 15) is 15.0 Å². The number of hydrogen-bond donors (Lipinski definition) is 2. The Hall–Kier alpha value is -1.91. The molecule has 2 aromatic carbocycles. The van der Waals surface area contributed by atoms with E-state index in [1.807, 2.05) is 24.3 Å². The number of ether oxygens (including phenoxy) is 1. The zero-order valence-electron chi connectivity index (χ0n) is 10.8. The molecule has 0 spiro atoms. The van der Waals surface area contributed by atoms with Crippen LogP contribution in [0.3, 0.4) is 0 Å². The molecule has 0 heterocycles. The van der Waals surface area contributed by atoms with Gasteiger partial charge in [0.2, 0.25) is 0 Å². The molecule has 19 heavy (non-hydrogen) atoms. The molecule has 2 atom stereocenters. The van der Waals surface area contributed by atoms with Gasteiger partial charge in [0.05, 0.1) is 7.11 Å². The lowest BCUT2D eigenvalue weighted by molar-refractivity contribution is -0.130. The first-order valence-electron chi connectivity index (χ1n) is 5.97. The number of carbonyl (C=O) groups is 1. The zero-order valence-corrected chi connectivity index (χ0v) is 10.8. The minimum absolute atomic E-state index is 0.456. The number of carbonyl (C=O) groups excluding carboxylic acids is 1. The van der Waals surface area contributed by atoms with Crippen molar-refractivity contribution in [3.8, 4) is 5.75 Å². The molecule has 0 aliphatic heterocycles. The summed E-state index contributed by atoms with van der Waals surface area (Å²) in [6.45, 7) is 1.25. The molecule has 2 rings (SSSR count). The largest absolute Gasteiger partial charge is 0.497 e. The second-order valence-corrected chi connectivity index (χ2v) is 4.47. The molecule has 0 aliphatic rings. The van der Waals surface area contributed by atoms with Crippen LogP contribution in [0.2, 0.25) is 0 Å². The molecular weight excluding hydrogens is 244 g/mol. The van der Waals surface area contributed by atoms with E-state index < -0.39 is 18.0 Å². The third kappa shape index (κ3) is 2.75. The summed E-state index contributed by atoms with van der Waals surface area (Å²) in [7, 11) is 1.60. The van der Waals surface area contributed by atoms with Crippen LogP contribution in [0.25, 0.3) is 10.8 Å². The fourth-order valence-electron chi connectivity index (χ4n) is 1.96. The predicted molar refractivity (Wildman–Crippen MR) is 72.1 cm³/mol. The third-order valence-corrected chi connectivity index (χ3v) is 3.13. The van der Waals surface area contributed by atoms with Crippen LogP contribution < -0.4 is 4.74 Å². The van der Waals surface area contributed by atoms with Crippen LogP contribution in [0.15, 0.2) is 36.4 Å². The fourth-order valence-corrected chi connectivity index (χ4v) is 1.96. The monoisotopic (exact) mass is 260 g/mol. The minimum Gasteiger partial charge on any atom is -0.497 e. The van der Waals surface area contributed by atoms with Crippen molar-refractivity contribution in [1.82, 2.24) is 0 Å². The summed E-state index contributed by atoms with van der Waals surface area (Å²) in [6, 6.07) is 10.8. The number of Topliss-reactive ketones (excluding diaryl/α,β-unsaturated/α-hetero) is 1. The normalized spacial score (nSPS) is 14.1. The number of hydrogen-bond acceptors (Lipinski definition) is 4. The average Bonchev–Trinajstić information content (AvgIpc) is 2.44. The summed E-state index contributed by atoms with van der Waals surface area (Å²) in [5, 5.41) is 21.4. The molecule has 4 nitrogen and oxygen atoms in total. The first-order valence-corrected chi connectivity index (χ1v) is 5.97. The number of ketones is 1. The minimum atomic E-state index is -1.39. The van der Waals surface area contributed by atoms with E-state index in [4.69, 9.17) is 4.74 Å². The predicted octanol–water partition coefficient (Wildman–Crippen LogP) is 1.83. The average molecular weight is 260 g/mol. The lowest BCUT2D eigenvalue weighted by Gasteiger charge is -2.16. The first-order chi connectivity index (χ1) is 9.02. The smallest absolute Gasteiger partial charge is 0.161 e. The summed E-state index contributed by atoms with van der Waals surface area (Å²) >= 11 is 0. The van der Waals surface area contributed by atoms with Crippen LogP contribution in [0.1, 0.15) is 18.6 Å². The lowest BCUT2D eigenvalue weighted by atomic mass is 9.99. The van der Waals surface area contributed by atoms with Gasteiger partial charge in [-0.2, -0.15) is 0 Å². The van der Waals surface area contributed by atoms with Crippen LogP contribution >= 0.6 is 0 Å². The van der Waals surface area contributed by atoms with E-state index in [-0.39, 0.29) is 0 Å². The molecule has 4 heteroatoms. The molecule has 0 aliphatic carbocycles. The standard InChI is InChI=1S/C15H16O4/c1-9(16)14(17)15(18)12-4-3-11-8-13(19-2)6-5-10(11)7-12/h3-8,14-15,17-18H,1-2H3. The summed E-state index contributed by atoms with van der Waals surface area (Å²) < 4.78 is 5.14. The molecule has 2 N–H and O–H groups in total. The van der Waals surface area contributed by atoms with Gasteiger partial charge >= 0.3 is 0 Å². The van der Waals surface area contributed by atoms with Crippen LogP contribution in [0.5, 0.6) is 5.75 Å². The Morgan fingerprint density at radius 2 is 1.74 bits per heavy atom. The molecule has 0 saturated heterocycles. The van der Waals surface area contributed by atoms with Gasteiger partial charge in [-0.1, -0.05) is 18.2 Å². The highest BCUT2D eigenvalue weighted by atomic mass is 16.5. The first kappa shape index (κ1) is 13.5. The van der Waals surface area contributed by atoms with Crippen molar-refractivity contribution < 1.29 is 19.7 Å². The second kappa shape index (κ2) is 5.38.